The van der Waals surface area contributed by atoms with Crippen molar-refractivity contribution in [3.63, 3.8) is 0 Å². The molecule has 8 heteroatoms. The van der Waals surface area contributed by atoms with Crippen LogP contribution in [0.25, 0.3) is 27.5 Å². The van der Waals surface area contributed by atoms with Crippen molar-refractivity contribution < 1.29 is 14.3 Å². The van der Waals surface area contributed by atoms with Crippen molar-refractivity contribution >= 4 is 27.7 Å². The monoisotopic (exact) mass is 494 g/mol. The van der Waals surface area contributed by atoms with Crippen molar-refractivity contribution in [3.8, 4) is 17.2 Å². The van der Waals surface area contributed by atoms with Crippen LogP contribution in [0.4, 0.5) is 0 Å². The van der Waals surface area contributed by atoms with Crippen LogP contribution in [0.5, 0.6) is 11.5 Å². The minimum Gasteiger partial charge on any atom is -0.486 e. The van der Waals surface area contributed by atoms with Gasteiger partial charge in [-0.2, -0.15) is 9.78 Å². The van der Waals surface area contributed by atoms with E-state index in [1.54, 1.807) is 0 Å². The number of fused-ring (bicyclic) bond motifs is 4. The minimum atomic E-state index is -0.371. The van der Waals surface area contributed by atoms with Crippen LogP contribution in [-0.4, -0.2) is 33.5 Å². The Hall–Kier alpha value is -4.59. The van der Waals surface area contributed by atoms with Crippen LogP contribution in [0.3, 0.4) is 0 Å². The van der Waals surface area contributed by atoms with Crippen molar-refractivity contribution in [2.45, 2.75) is 19.9 Å². The first-order valence-electron chi connectivity index (χ1n) is 12.2. The van der Waals surface area contributed by atoms with E-state index in [4.69, 9.17) is 9.47 Å². The highest BCUT2D eigenvalue weighted by Gasteiger charge is 2.25. The lowest BCUT2D eigenvalue weighted by atomic mass is 10.1. The van der Waals surface area contributed by atoms with Gasteiger partial charge in [0.2, 0.25) is 0 Å². The molecular weight excluding hydrogens is 468 g/mol. The highest BCUT2D eigenvalue weighted by Crippen LogP contribution is 2.33. The molecule has 0 fully saturated rings. The van der Waals surface area contributed by atoms with Crippen LogP contribution in [0, 0.1) is 6.92 Å². The highest BCUT2D eigenvalue weighted by atomic mass is 16.6. The number of carbonyl (C=O) groups excluding carboxylic acids is 1. The third kappa shape index (κ3) is 3.81. The second-order valence-electron chi connectivity index (χ2n) is 9.30. The van der Waals surface area contributed by atoms with Gasteiger partial charge >= 0.3 is 0 Å². The number of benzene rings is 3. The van der Waals surface area contributed by atoms with Crippen molar-refractivity contribution in [1.82, 2.24) is 19.7 Å². The number of amides is 1. The zero-order valence-corrected chi connectivity index (χ0v) is 20.8. The largest absolute Gasteiger partial charge is 0.486 e. The fourth-order valence-electron chi connectivity index (χ4n) is 4.88. The molecular formula is C29H26N4O4. The SMILES string of the molecule is Cc1ccc(-n2nc(C(=O)N[C@@H](C)c3ccc4c(c3)OCCO4)c3c4ccccc4n(C)c3c2=O)cc1. The normalized spacial score (nSPS) is 13.6. The summed E-state index contributed by atoms with van der Waals surface area (Å²) in [6.07, 6.45) is 0. The van der Waals surface area contributed by atoms with E-state index in [1.165, 1.54) is 4.68 Å². The molecule has 0 aliphatic carbocycles. The van der Waals surface area contributed by atoms with E-state index in [2.05, 4.69) is 10.4 Å². The molecule has 0 radical (unpaired) electrons. The number of aryl methyl sites for hydroxylation is 2. The summed E-state index contributed by atoms with van der Waals surface area (Å²) in [5, 5.41) is 9.03. The third-order valence-electron chi connectivity index (χ3n) is 6.85. The van der Waals surface area contributed by atoms with Gasteiger partial charge in [0.15, 0.2) is 17.2 Å². The Morgan fingerprint density at radius 3 is 2.51 bits per heavy atom. The Kier molecular flexibility index (Phi) is 5.44. The fourth-order valence-corrected chi connectivity index (χ4v) is 4.88. The number of para-hydroxylation sites is 1. The van der Waals surface area contributed by atoms with E-state index >= 15 is 0 Å². The predicted octanol–water partition coefficient (Wildman–Crippen LogP) is 4.45. The highest BCUT2D eigenvalue weighted by molar-refractivity contribution is 6.16. The summed E-state index contributed by atoms with van der Waals surface area (Å²) in [6.45, 7) is 4.88. The maximum absolute atomic E-state index is 13.8. The second kappa shape index (κ2) is 8.81. The molecule has 0 bridgehead atoms. The molecule has 0 unspecified atom stereocenters. The number of nitrogens with zero attached hydrogens (tertiary/aromatic N) is 3. The summed E-state index contributed by atoms with van der Waals surface area (Å²) >= 11 is 0. The van der Waals surface area contributed by atoms with Gasteiger partial charge in [-0.3, -0.25) is 9.59 Å². The zero-order chi connectivity index (χ0) is 25.7. The van der Waals surface area contributed by atoms with Gasteiger partial charge in [-0.25, -0.2) is 0 Å². The van der Waals surface area contributed by atoms with Gasteiger partial charge in [0, 0.05) is 23.3 Å². The zero-order valence-electron chi connectivity index (χ0n) is 20.8. The Morgan fingerprint density at radius 2 is 1.73 bits per heavy atom. The van der Waals surface area contributed by atoms with Gasteiger partial charge in [-0.15, -0.1) is 0 Å². The molecule has 186 valence electrons. The Labute approximate surface area is 213 Å². The maximum atomic E-state index is 13.8. The average Bonchev–Trinajstić information content (AvgIpc) is 3.22. The molecule has 8 nitrogen and oxygen atoms in total. The molecule has 0 saturated carbocycles. The first kappa shape index (κ1) is 22.8. The van der Waals surface area contributed by atoms with Crippen LogP contribution in [-0.2, 0) is 7.05 Å². The number of nitrogens with one attached hydrogen (secondary N) is 1. The first-order chi connectivity index (χ1) is 17.9. The lowest BCUT2D eigenvalue weighted by molar-refractivity contribution is 0.0935. The Morgan fingerprint density at radius 1 is 1.00 bits per heavy atom. The number of rotatable bonds is 4. The topological polar surface area (TPSA) is 87.4 Å². The molecule has 0 spiro atoms. The molecule has 37 heavy (non-hydrogen) atoms. The molecule has 2 aromatic heterocycles. The van der Waals surface area contributed by atoms with E-state index in [0.717, 1.165) is 22.0 Å². The Balaban J connectivity index is 1.49. The molecule has 1 aliphatic rings. The van der Waals surface area contributed by atoms with Crippen molar-refractivity contribution in [2.24, 2.45) is 7.05 Å². The number of hydrogen-bond donors (Lipinski definition) is 1. The summed E-state index contributed by atoms with van der Waals surface area (Å²) < 4.78 is 14.5. The molecule has 1 aliphatic heterocycles. The molecule has 3 aromatic carbocycles. The second-order valence-corrected chi connectivity index (χ2v) is 9.30. The van der Waals surface area contributed by atoms with E-state index in [9.17, 15) is 9.59 Å². The summed E-state index contributed by atoms with van der Waals surface area (Å²) in [7, 11) is 1.84. The van der Waals surface area contributed by atoms with Crippen LogP contribution < -0.4 is 20.3 Å². The molecule has 3 heterocycles. The minimum absolute atomic E-state index is 0.191. The fraction of sp³-hybridized carbons (Fsp3) is 0.207. The number of carbonyl (C=O) groups is 1. The number of hydrogen-bond acceptors (Lipinski definition) is 5. The van der Waals surface area contributed by atoms with Crippen molar-refractivity contribution in [2.75, 3.05) is 13.2 Å². The lowest BCUT2D eigenvalue weighted by Crippen LogP contribution is -2.32. The average molecular weight is 495 g/mol. The third-order valence-corrected chi connectivity index (χ3v) is 6.85. The van der Waals surface area contributed by atoms with E-state index in [1.807, 2.05) is 92.2 Å². The van der Waals surface area contributed by atoms with Gasteiger partial charge in [-0.05, 0) is 49.7 Å². The van der Waals surface area contributed by atoms with Crippen LogP contribution in [0.15, 0.2) is 71.5 Å². The maximum Gasteiger partial charge on any atom is 0.296 e. The van der Waals surface area contributed by atoms with Crippen LogP contribution >= 0.6 is 0 Å². The number of aromatic nitrogens is 3. The summed E-state index contributed by atoms with van der Waals surface area (Å²) in [4.78, 5) is 27.5. The van der Waals surface area contributed by atoms with Gasteiger partial charge in [0.1, 0.15) is 18.7 Å². The van der Waals surface area contributed by atoms with Gasteiger partial charge < -0.3 is 19.4 Å². The summed E-state index contributed by atoms with van der Waals surface area (Å²) in [5.74, 6) is 0.981. The van der Waals surface area contributed by atoms with Crippen LogP contribution in [0.1, 0.15) is 34.6 Å². The quantitative estimate of drug-likeness (QED) is 0.399. The summed E-state index contributed by atoms with van der Waals surface area (Å²) in [6, 6.07) is 20.5. The molecule has 6 rings (SSSR count). The molecule has 0 saturated heterocycles. The Bertz CT molecular complexity index is 1730. The smallest absolute Gasteiger partial charge is 0.296 e. The molecule has 1 N–H and O–H groups in total. The molecule has 1 atom stereocenters. The van der Waals surface area contributed by atoms with Crippen molar-refractivity contribution in [3.05, 3.63) is 93.9 Å². The molecule has 5 aromatic rings. The molecule has 1 amide bonds. The van der Waals surface area contributed by atoms with Crippen molar-refractivity contribution in [1.29, 1.82) is 0 Å². The standard InChI is InChI=1S/C29H26N4O4/c1-17-8-11-20(12-9-17)33-29(35)27-25(21-6-4-5-7-22(21)32(27)3)26(31-33)28(34)30-18(2)19-10-13-23-24(16-19)37-15-14-36-23/h4-13,16,18H,14-15H2,1-3H3,(H,30,34)/t18-/m0/s1. The first-order valence-corrected chi connectivity index (χ1v) is 12.2. The van der Waals surface area contributed by atoms with Gasteiger partial charge in [0.05, 0.1) is 11.7 Å². The van der Waals surface area contributed by atoms with E-state index in [0.29, 0.717) is 41.3 Å². The lowest BCUT2D eigenvalue weighted by Gasteiger charge is -2.21. The van der Waals surface area contributed by atoms with E-state index in [-0.39, 0.29) is 23.2 Å². The van der Waals surface area contributed by atoms with Crippen LogP contribution in [0.2, 0.25) is 0 Å². The number of ether oxygens (including phenoxy) is 2. The summed E-state index contributed by atoms with van der Waals surface area (Å²) in [5.41, 5.74) is 3.72. The predicted molar refractivity (Wildman–Crippen MR) is 142 cm³/mol. The van der Waals surface area contributed by atoms with Gasteiger partial charge in [-0.1, -0.05) is 42.0 Å². The van der Waals surface area contributed by atoms with Gasteiger partial charge in [0.25, 0.3) is 11.5 Å². The van der Waals surface area contributed by atoms with E-state index < -0.39 is 0 Å².